The summed E-state index contributed by atoms with van der Waals surface area (Å²) in [7, 11) is 2.02. The van der Waals surface area contributed by atoms with Crippen molar-refractivity contribution < 1.29 is 0 Å². The van der Waals surface area contributed by atoms with Crippen LogP contribution in [0.2, 0.25) is 0 Å². The van der Waals surface area contributed by atoms with Crippen molar-refractivity contribution in [1.29, 1.82) is 0 Å². The number of halogens is 1. The molecule has 0 radical (unpaired) electrons. The van der Waals surface area contributed by atoms with E-state index in [1.165, 1.54) is 5.52 Å². The van der Waals surface area contributed by atoms with Crippen LogP contribution in [0.15, 0.2) is 12.4 Å². The lowest BCUT2D eigenvalue weighted by atomic mass is 10.4. The van der Waals surface area contributed by atoms with Crippen molar-refractivity contribution in [2.24, 2.45) is 7.05 Å². The monoisotopic (exact) mass is 273 g/mol. The van der Waals surface area contributed by atoms with Crippen molar-refractivity contribution in [1.82, 2.24) is 14.5 Å². The second-order valence-corrected chi connectivity index (χ2v) is 3.87. The molecule has 0 amide bonds. The van der Waals surface area contributed by atoms with E-state index in [4.69, 9.17) is 0 Å². The molecule has 0 fully saturated rings. The molecule has 3 nitrogen and oxygen atoms in total. The van der Waals surface area contributed by atoms with Crippen molar-refractivity contribution in [2.75, 3.05) is 0 Å². The van der Waals surface area contributed by atoms with Gasteiger partial charge < -0.3 is 4.57 Å². The standard InChI is InChI=1S/C8H8IN3/c1-5-11-7-4-10-3-6(9)8(7)12(5)2/h3-4H,1-2H3. The summed E-state index contributed by atoms with van der Waals surface area (Å²) in [5.74, 6) is 1.02. The number of nitrogens with zero attached hydrogens (tertiary/aromatic N) is 3. The Morgan fingerprint density at radius 2 is 2.17 bits per heavy atom. The first-order chi connectivity index (χ1) is 5.70. The maximum absolute atomic E-state index is 4.37. The molecule has 2 aromatic heterocycles. The number of hydrogen-bond donors (Lipinski definition) is 0. The average Bonchev–Trinajstić information content (AvgIpc) is 2.29. The predicted octanol–water partition coefficient (Wildman–Crippen LogP) is 1.88. The first-order valence-electron chi connectivity index (χ1n) is 3.62. The largest absolute Gasteiger partial charge is 0.330 e. The van der Waals surface area contributed by atoms with E-state index in [0.717, 1.165) is 14.9 Å². The van der Waals surface area contributed by atoms with E-state index >= 15 is 0 Å². The molecule has 2 aromatic rings. The third-order valence-corrected chi connectivity index (χ3v) is 2.75. The summed E-state index contributed by atoms with van der Waals surface area (Å²) in [6.45, 7) is 2.00. The molecule has 0 aliphatic heterocycles. The summed E-state index contributed by atoms with van der Waals surface area (Å²) in [4.78, 5) is 8.45. The number of aryl methyl sites for hydroxylation is 2. The van der Waals surface area contributed by atoms with E-state index in [2.05, 4.69) is 37.1 Å². The molecule has 0 atom stereocenters. The molecule has 0 aliphatic rings. The Morgan fingerprint density at radius 3 is 2.83 bits per heavy atom. The summed E-state index contributed by atoms with van der Waals surface area (Å²) in [5.41, 5.74) is 2.14. The maximum Gasteiger partial charge on any atom is 0.108 e. The van der Waals surface area contributed by atoms with Gasteiger partial charge in [-0.25, -0.2) is 4.98 Å². The number of aromatic nitrogens is 3. The van der Waals surface area contributed by atoms with E-state index in [1.54, 1.807) is 6.20 Å². The Balaban J connectivity index is 2.97. The van der Waals surface area contributed by atoms with Gasteiger partial charge in [0.2, 0.25) is 0 Å². The highest BCUT2D eigenvalue weighted by atomic mass is 127. The summed E-state index contributed by atoms with van der Waals surface area (Å²) < 4.78 is 3.23. The molecule has 0 saturated carbocycles. The fourth-order valence-corrected chi connectivity index (χ4v) is 2.04. The molecule has 2 rings (SSSR count). The van der Waals surface area contributed by atoms with Gasteiger partial charge in [-0.3, -0.25) is 4.98 Å². The van der Waals surface area contributed by atoms with Crippen LogP contribution in [-0.4, -0.2) is 14.5 Å². The van der Waals surface area contributed by atoms with Crippen LogP contribution < -0.4 is 0 Å². The number of pyridine rings is 1. The van der Waals surface area contributed by atoms with Gasteiger partial charge in [0, 0.05) is 13.2 Å². The molecule has 12 heavy (non-hydrogen) atoms. The number of fused-ring (bicyclic) bond motifs is 1. The van der Waals surface area contributed by atoms with Gasteiger partial charge in [-0.2, -0.15) is 0 Å². The molecule has 0 bridgehead atoms. The van der Waals surface area contributed by atoms with Crippen LogP contribution in [0.5, 0.6) is 0 Å². The van der Waals surface area contributed by atoms with E-state index < -0.39 is 0 Å². The normalized spacial score (nSPS) is 10.9. The maximum atomic E-state index is 4.37. The Hall–Kier alpha value is -0.650. The second-order valence-electron chi connectivity index (χ2n) is 2.71. The van der Waals surface area contributed by atoms with Crippen molar-refractivity contribution in [3.63, 3.8) is 0 Å². The average molecular weight is 273 g/mol. The van der Waals surface area contributed by atoms with Gasteiger partial charge >= 0.3 is 0 Å². The van der Waals surface area contributed by atoms with Gasteiger partial charge in [0.05, 0.1) is 15.3 Å². The van der Waals surface area contributed by atoms with Crippen LogP contribution in [0.1, 0.15) is 5.82 Å². The SMILES string of the molecule is Cc1nc2cncc(I)c2n1C. The predicted molar refractivity (Wildman–Crippen MR) is 56.0 cm³/mol. The van der Waals surface area contributed by atoms with Crippen LogP contribution in [0, 0.1) is 10.5 Å². The summed E-state index contributed by atoms with van der Waals surface area (Å²) >= 11 is 2.27. The van der Waals surface area contributed by atoms with Crippen LogP contribution in [0.3, 0.4) is 0 Å². The first kappa shape index (κ1) is 7.97. The summed E-state index contributed by atoms with van der Waals surface area (Å²) in [5, 5.41) is 0. The van der Waals surface area contributed by atoms with E-state index in [9.17, 15) is 0 Å². The molecule has 2 heterocycles. The van der Waals surface area contributed by atoms with Gasteiger partial charge in [-0.1, -0.05) is 0 Å². The first-order valence-corrected chi connectivity index (χ1v) is 4.70. The van der Waals surface area contributed by atoms with Gasteiger partial charge in [0.1, 0.15) is 11.3 Å². The second kappa shape index (κ2) is 2.69. The van der Waals surface area contributed by atoms with Crippen molar-refractivity contribution in [2.45, 2.75) is 6.92 Å². The summed E-state index contributed by atoms with van der Waals surface area (Å²) in [6, 6.07) is 0. The Bertz CT molecular complexity index is 433. The lowest BCUT2D eigenvalue weighted by molar-refractivity contribution is 0.884. The molecule has 0 N–H and O–H groups in total. The Morgan fingerprint density at radius 1 is 1.42 bits per heavy atom. The zero-order chi connectivity index (χ0) is 8.72. The van der Waals surface area contributed by atoms with Crippen molar-refractivity contribution >= 4 is 33.6 Å². The zero-order valence-corrected chi connectivity index (χ0v) is 9.03. The molecule has 0 unspecified atom stereocenters. The Labute approximate surface area is 84.0 Å². The van der Waals surface area contributed by atoms with Gasteiger partial charge in [0.15, 0.2) is 0 Å². The molecule has 0 aliphatic carbocycles. The fraction of sp³-hybridized carbons (Fsp3) is 0.250. The molecule has 62 valence electrons. The molecule has 0 saturated heterocycles. The van der Waals surface area contributed by atoms with Crippen LogP contribution in [0.4, 0.5) is 0 Å². The topological polar surface area (TPSA) is 30.7 Å². The van der Waals surface area contributed by atoms with E-state index in [0.29, 0.717) is 0 Å². The van der Waals surface area contributed by atoms with E-state index in [-0.39, 0.29) is 0 Å². The van der Waals surface area contributed by atoms with Crippen LogP contribution in [0.25, 0.3) is 11.0 Å². The summed E-state index contributed by atoms with van der Waals surface area (Å²) in [6.07, 6.45) is 3.65. The van der Waals surface area contributed by atoms with Crippen LogP contribution in [-0.2, 0) is 7.05 Å². The van der Waals surface area contributed by atoms with Gasteiger partial charge in [0.25, 0.3) is 0 Å². The third kappa shape index (κ3) is 1.01. The minimum atomic E-state index is 0.974. The molecule has 0 spiro atoms. The lowest BCUT2D eigenvalue weighted by Gasteiger charge is -1.97. The quantitative estimate of drug-likeness (QED) is 0.686. The molecule has 4 heteroatoms. The molecule has 0 aromatic carbocycles. The lowest BCUT2D eigenvalue weighted by Crippen LogP contribution is -1.92. The van der Waals surface area contributed by atoms with Crippen LogP contribution >= 0.6 is 22.6 Å². The fourth-order valence-electron chi connectivity index (χ4n) is 1.24. The van der Waals surface area contributed by atoms with Crippen molar-refractivity contribution in [3.8, 4) is 0 Å². The highest BCUT2D eigenvalue weighted by Crippen LogP contribution is 2.18. The third-order valence-electron chi connectivity index (χ3n) is 1.96. The van der Waals surface area contributed by atoms with Gasteiger partial charge in [-0.15, -0.1) is 0 Å². The number of imidazole rings is 1. The van der Waals surface area contributed by atoms with E-state index in [1.807, 2.05) is 20.2 Å². The molecular weight excluding hydrogens is 265 g/mol. The number of hydrogen-bond acceptors (Lipinski definition) is 2. The zero-order valence-electron chi connectivity index (χ0n) is 6.87. The van der Waals surface area contributed by atoms with Gasteiger partial charge in [-0.05, 0) is 29.5 Å². The highest BCUT2D eigenvalue weighted by Gasteiger charge is 2.06. The van der Waals surface area contributed by atoms with Crippen molar-refractivity contribution in [3.05, 3.63) is 21.8 Å². The Kier molecular flexibility index (Phi) is 1.79. The molecular formula is C8H8IN3. The minimum absolute atomic E-state index is 0.974. The highest BCUT2D eigenvalue weighted by molar-refractivity contribution is 14.1. The minimum Gasteiger partial charge on any atom is -0.330 e. The smallest absolute Gasteiger partial charge is 0.108 e. The number of rotatable bonds is 0.